The standard InChI is InChI=1S/C13H24N4/c1-5-13(4)10-16(7-6-14-13)12-8-15-17(9-12)11(2)3/h8-9,11,14H,5-7,10H2,1-4H3. The van der Waals surface area contributed by atoms with Crippen molar-refractivity contribution in [3.63, 3.8) is 0 Å². The summed E-state index contributed by atoms with van der Waals surface area (Å²) in [5.41, 5.74) is 1.48. The maximum Gasteiger partial charge on any atom is 0.0753 e. The van der Waals surface area contributed by atoms with Crippen LogP contribution in [0.15, 0.2) is 12.4 Å². The van der Waals surface area contributed by atoms with Crippen molar-refractivity contribution >= 4 is 5.69 Å². The topological polar surface area (TPSA) is 33.1 Å². The molecule has 1 saturated heterocycles. The van der Waals surface area contributed by atoms with E-state index in [0.29, 0.717) is 6.04 Å². The fraction of sp³-hybridized carbons (Fsp3) is 0.769. The predicted octanol–water partition coefficient (Wildman–Crippen LogP) is 2.04. The molecule has 0 aromatic carbocycles. The number of hydrogen-bond acceptors (Lipinski definition) is 3. The molecular formula is C13H24N4. The molecule has 1 unspecified atom stereocenters. The van der Waals surface area contributed by atoms with Crippen LogP contribution >= 0.6 is 0 Å². The summed E-state index contributed by atoms with van der Waals surface area (Å²) in [5, 5.41) is 8.02. The van der Waals surface area contributed by atoms with Gasteiger partial charge in [-0.25, -0.2) is 0 Å². The first kappa shape index (κ1) is 12.4. The Balaban J connectivity index is 2.11. The first-order valence-electron chi connectivity index (χ1n) is 6.58. The molecule has 1 aromatic rings. The largest absolute Gasteiger partial charge is 0.366 e. The maximum atomic E-state index is 4.42. The summed E-state index contributed by atoms with van der Waals surface area (Å²) in [4.78, 5) is 2.44. The Morgan fingerprint density at radius 2 is 2.29 bits per heavy atom. The van der Waals surface area contributed by atoms with E-state index in [1.807, 2.05) is 10.9 Å². The molecule has 0 spiro atoms. The minimum atomic E-state index is 0.234. The van der Waals surface area contributed by atoms with Crippen molar-refractivity contribution in [2.24, 2.45) is 0 Å². The van der Waals surface area contributed by atoms with Gasteiger partial charge in [0.25, 0.3) is 0 Å². The molecule has 0 saturated carbocycles. The zero-order valence-corrected chi connectivity index (χ0v) is 11.4. The Bertz CT molecular complexity index is 371. The summed E-state index contributed by atoms with van der Waals surface area (Å²) >= 11 is 0. The van der Waals surface area contributed by atoms with Crippen molar-refractivity contribution in [1.29, 1.82) is 0 Å². The quantitative estimate of drug-likeness (QED) is 0.872. The van der Waals surface area contributed by atoms with E-state index in [-0.39, 0.29) is 5.54 Å². The van der Waals surface area contributed by atoms with Crippen LogP contribution in [0.4, 0.5) is 5.69 Å². The van der Waals surface area contributed by atoms with Gasteiger partial charge in [0.05, 0.1) is 11.9 Å². The zero-order chi connectivity index (χ0) is 12.5. The Kier molecular flexibility index (Phi) is 3.43. The van der Waals surface area contributed by atoms with E-state index in [2.05, 4.69) is 49.2 Å². The van der Waals surface area contributed by atoms with Crippen molar-refractivity contribution in [2.75, 3.05) is 24.5 Å². The van der Waals surface area contributed by atoms with Crippen LogP contribution < -0.4 is 10.2 Å². The molecule has 1 N–H and O–H groups in total. The lowest BCUT2D eigenvalue weighted by Gasteiger charge is -2.41. The number of piperazine rings is 1. The molecule has 0 amide bonds. The number of nitrogens with one attached hydrogen (secondary N) is 1. The summed E-state index contributed by atoms with van der Waals surface area (Å²) < 4.78 is 2.03. The van der Waals surface area contributed by atoms with Crippen LogP contribution in [0.5, 0.6) is 0 Å². The van der Waals surface area contributed by atoms with Crippen molar-refractivity contribution in [2.45, 2.75) is 45.7 Å². The highest BCUT2D eigenvalue weighted by atomic mass is 15.3. The Morgan fingerprint density at radius 3 is 2.88 bits per heavy atom. The number of hydrogen-bond donors (Lipinski definition) is 1. The van der Waals surface area contributed by atoms with Gasteiger partial charge in [-0.2, -0.15) is 5.10 Å². The SMILES string of the molecule is CCC1(C)CN(c2cnn(C(C)C)c2)CCN1. The van der Waals surface area contributed by atoms with Crippen LogP contribution in [0.25, 0.3) is 0 Å². The molecular weight excluding hydrogens is 212 g/mol. The second kappa shape index (κ2) is 4.69. The normalized spacial score (nSPS) is 25.6. The fourth-order valence-corrected chi connectivity index (χ4v) is 2.28. The molecule has 4 heteroatoms. The number of nitrogens with zero attached hydrogens (tertiary/aromatic N) is 3. The highest BCUT2D eigenvalue weighted by Gasteiger charge is 2.29. The Labute approximate surface area is 104 Å². The van der Waals surface area contributed by atoms with Gasteiger partial charge in [0.15, 0.2) is 0 Å². The molecule has 96 valence electrons. The van der Waals surface area contributed by atoms with Crippen molar-refractivity contribution in [1.82, 2.24) is 15.1 Å². The minimum absolute atomic E-state index is 0.234. The van der Waals surface area contributed by atoms with Gasteiger partial charge in [-0.1, -0.05) is 6.92 Å². The van der Waals surface area contributed by atoms with Gasteiger partial charge in [-0.05, 0) is 27.2 Å². The molecule has 1 aliphatic rings. The third kappa shape index (κ3) is 2.63. The summed E-state index contributed by atoms with van der Waals surface area (Å²) in [5.74, 6) is 0. The molecule has 2 rings (SSSR count). The van der Waals surface area contributed by atoms with Crippen LogP contribution in [0.1, 0.15) is 40.2 Å². The second-order valence-corrected chi connectivity index (χ2v) is 5.53. The molecule has 2 heterocycles. The lowest BCUT2D eigenvalue weighted by Crippen LogP contribution is -2.58. The maximum absolute atomic E-state index is 4.42. The minimum Gasteiger partial charge on any atom is -0.366 e. The highest BCUT2D eigenvalue weighted by Crippen LogP contribution is 2.22. The number of rotatable bonds is 3. The van der Waals surface area contributed by atoms with E-state index in [0.717, 1.165) is 26.1 Å². The van der Waals surface area contributed by atoms with Crippen molar-refractivity contribution in [3.8, 4) is 0 Å². The van der Waals surface area contributed by atoms with Gasteiger partial charge in [0, 0.05) is 37.4 Å². The van der Waals surface area contributed by atoms with Crippen LogP contribution in [0.3, 0.4) is 0 Å². The average molecular weight is 236 g/mol. The molecule has 0 aliphatic carbocycles. The van der Waals surface area contributed by atoms with E-state index >= 15 is 0 Å². The van der Waals surface area contributed by atoms with Crippen molar-refractivity contribution < 1.29 is 0 Å². The molecule has 17 heavy (non-hydrogen) atoms. The molecule has 0 bridgehead atoms. The number of aromatic nitrogens is 2. The van der Waals surface area contributed by atoms with Gasteiger partial charge in [-0.3, -0.25) is 4.68 Å². The third-order valence-corrected chi connectivity index (χ3v) is 3.74. The molecule has 1 fully saturated rings. The lowest BCUT2D eigenvalue weighted by atomic mass is 9.96. The Hall–Kier alpha value is -1.03. The first-order chi connectivity index (χ1) is 8.04. The van der Waals surface area contributed by atoms with E-state index in [1.165, 1.54) is 5.69 Å². The molecule has 1 aliphatic heterocycles. The summed E-state index contributed by atoms with van der Waals surface area (Å²) in [7, 11) is 0. The van der Waals surface area contributed by atoms with Crippen LogP contribution in [-0.2, 0) is 0 Å². The van der Waals surface area contributed by atoms with Gasteiger partial charge < -0.3 is 10.2 Å². The smallest absolute Gasteiger partial charge is 0.0753 e. The fourth-order valence-electron chi connectivity index (χ4n) is 2.28. The summed E-state index contributed by atoms with van der Waals surface area (Å²) in [6, 6.07) is 0.434. The highest BCUT2D eigenvalue weighted by molar-refractivity contribution is 5.43. The average Bonchev–Trinajstić information content (AvgIpc) is 2.78. The first-order valence-corrected chi connectivity index (χ1v) is 6.58. The number of anilines is 1. The molecule has 0 radical (unpaired) electrons. The summed E-state index contributed by atoms with van der Waals surface area (Å²) in [6.45, 7) is 12.0. The van der Waals surface area contributed by atoms with E-state index in [9.17, 15) is 0 Å². The zero-order valence-electron chi connectivity index (χ0n) is 11.4. The van der Waals surface area contributed by atoms with Crippen LogP contribution in [0, 0.1) is 0 Å². The predicted molar refractivity (Wildman–Crippen MR) is 71.5 cm³/mol. The van der Waals surface area contributed by atoms with E-state index in [4.69, 9.17) is 0 Å². The summed E-state index contributed by atoms with van der Waals surface area (Å²) in [6.07, 6.45) is 5.30. The molecule has 1 atom stereocenters. The van der Waals surface area contributed by atoms with E-state index in [1.54, 1.807) is 0 Å². The van der Waals surface area contributed by atoms with Gasteiger partial charge >= 0.3 is 0 Å². The third-order valence-electron chi connectivity index (χ3n) is 3.74. The lowest BCUT2D eigenvalue weighted by molar-refractivity contribution is 0.314. The molecule has 1 aromatic heterocycles. The Morgan fingerprint density at radius 1 is 1.53 bits per heavy atom. The van der Waals surface area contributed by atoms with Gasteiger partial charge in [-0.15, -0.1) is 0 Å². The monoisotopic (exact) mass is 236 g/mol. The van der Waals surface area contributed by atoms with Crippen LogP contribution in [-0.4, -0.2) is 35.0 Å². The van der Waals surface area contributed by atoms with Crippen LogP contribution in [0.2, 0.25) is 0 Å². The van der Waals surface area contributed by atoms with Gasteiger partial charge in [0.2, 0.25) is 0 Å². The second-order valence-electron chi connectivity index (χ2n) is 5.53. The van der Waals surface area contributed by atoms with Gasteiger partial charge in [0.1, 0.15) is 0 Å². The molecule has 4 nitrogen and oxygen atoms in total. The van der Waals surface area contributed by atoms with Crippen molar-refractivity contribution in [3.05, 3.63) is 12.4 Å². The van der Waals surface area contributed by atoms with E-state index < -0.39 is 0 Å².